The van der Waals surface area contributed by atoms with Gasteiger partial charge in [-0.25, -0.2) is 0 Å². The molecule has 0 saturated heterocycles. The van der Waals surface area contributed by atoms with Gasteiger partial charge in [-0.05, 0) is 55.3 Å². The first-order valence-electron chi connectivity index (χ1n) is 8.88. The van der Waals surface area contributed by atoms with Crippen LogP contribution in [0.3, 0.4) is 0 Å². The monoisotopic (exact) mass is 338 g/mol. The number of aryl methyl sites for hydroxylation is 2. The highest BCUT2D eigenvalue weighted by molar-refractivity contribution is 5.95. The molecule has 2 aromatic rings. The van der Waals surface area contributed by atoms with Gasteiger partial charge in [0, 0.05) is 33.9 Å². The molecule has 2 aliphatic rings. The molecule has 0 aromatic heterocycles. The predicted octanol–water partition coefficient (Wildman–Crippen LogP) is 6.90. The highest BCUT2D eigenvalue weighted by Crippen LogP contribution is 2.41. The fourth-order valence-corrected chi connectivity index (χ4v) is 3.28. The summed E-state index contributed by atoms with van der Waals surface area (Å²) in [7, 11) is 0. The third-order valence-electron chi connectivity index (χ3n) is 4.50. The Balaban J connectivity index is 1.74. The van der Waals surface area contributed by atoms with Crippen LogP contribution in [0.1, 0.15) is 11.1 Å². The lowest BCUT2D eigenvalue weighted by molar-refractivity contribution is 1.45. The van der Waals surface area contributed by atoms with E-state index in [1.165, 1.54) is 22.3 Å². The van der Waals surface area contributed by atoms with E-state index in [1.807, 2.05) is 0 Å². The smallest absolute Gasteiger partial charge is 0.0485 e. The second-order valence-electron chi connectivity index (χ2n) is 6.70. The maximum Gasteiger partial charge on any atom is 0.0485 e. The number of anilines is 4. The van der Waals surface area contributed by atoms with Gasteiger partial charge in [0.2, 0.25) is 0 Å². The van der Waals surface area contributed by atoms with Crippen molar-refractivity contribution in [3.63, 3.8) is 0 Å². The molecule has 0 spiro atoms. The van der Waals surface area contributed by atoms with E-state index in [2.05, 4.69) is 109 Å². The van der Waals surface area contributed by atoms with E-state index < -0.39 is 0 Å². The Bertz CT molecular complexity index is 941. The normalized spacial score (nSPS) is 10.7. The van der Waals surface area contributed by atoms with Crippen LogP contribution in [0.4, 0.5) is 22.7 Å². The van der Waals surface area contributed by atoms with Crippen molar-refractivity contribution < 1.29 is 0 Å². The van der Waals surface area contributed by atoms with Crippen LogP contribution in [-0.4, -0.2) is 0 Å². The van der Waals surface area contributed by atoms with Gasteiger partial charge in [-0.1, -0.05) is 54.6 Å². The summed E-state index contributed by atoms with van der Waals surface area (Å²) in [5, 5.41) is 7.16. The van der Waals surface area contributed by atoms with Crippen LogP contribution < -0.4 is 10.6 Å². The lowest BCUT2D eigenvalue weighted by atomic mass is 10.1. The van der Waals surface area contributed by atoms with Crippen LogP contribution in [0.2, 0.25) is 0 Å². The van der Waals surface area contributed by atoms with Crippen LogP contribution in [0.5, 0.6) is 0 Å². The molecule has 2 aromatic carbocycles. The standard InChI is InChI=1S/C24H22N2/c1-17-8-6-10-19(14-17)25-23-16-24(22-13-5-3-4-12-21(22)23)26-20-11-7-9-18(2)15-20/h3-16,25-26H,1-2H3. The van der Waals surface area contributed by atoms with Crippen molar-refractivity contribution in [2.24, 2.45) is 0 Å². The second kappa shape index (κ2) is 6.93. The first-order chi connectivity index (χ1) is 12.7. The lowest BCUT2D eigenvalue weighted by Crippen LogP contribution is -1.90. The van der Waals surface area contributed by atoms with Crippen molar-refractivity contribution in [1.29, 1.82) is 0 Å². The first-order valence-corrected chi connectivity index (χ1v) is 8.88. The van der Waals surface area contributed by atoms with Crippen LogP contribution in [-0.2, 0) is 0 Å². The summed E-state index contributed by atoms with van der Waals surface area (Å²) < 4.78 is 0. The fourth-order valence-electron chi connectivity index (χ4n) is 3.28. The maximum absolute atomic E-state index is 3.58. The Morgan fingerprint density at radius 3 is 1.46 bits per heavy atom. The molecule has 2 heteroatoms. The topological polar surface area (TPSA) is 24.1 Å². The minimum Gasteiger partial charge on any atom is -0.355 e. The molecule has 0 radical (unpaired) electrons. The van der Waals surface area contributed by atoms with Crippen molar-refractivity contribution >= 4 is 22.7 Å². The molecule has 0 fully saturated rings. The van der Waals surface area contributed by atoms with Gasteiger partial charge in [0.05, 0.1) is 0 Å². The van der Waals surface area contributed by atoms with Crippen LogP contribution in [0, 0.1) is 13.8 Å². The molecule has 0 amide bonds. The van der Waals surface area contributed by atoms with E-state index in [0.29, 0.717) is 0 Å². The average Bonchev–Trinajstić information content (AvgIpc) is 2.79. The van der Waals surface area contributed by atoms with Gasteiger partial charge in [-0.15, -0.1) is 0 Å². The molecular formula is C24H22N2. The third kappa shape index (κ3) is 3.40. The van der Waals surface area contributed by atoms with Crippen LogP contribution in [0.15, 0.2) is 84.9 Å². The van der Waals surface area contributed by atoms with Gasteiger partial charge in [0.25, 0.3) is 0 Å². The Labute approximate surface area is 154 Å². The van der Waals surface area contributed by atoms with Gasteiger partial charge in [0.1, 0.15) is 0 Å². The van der Waals surface area contributed by atoms with Crippen molar-refractivity contribution in [2.75, 3.05) is 10.6 Å². The highest BCUT2D eigenvalue weighted by atomic mass is 14.9. The van der Waals surface area contributed by atoms with Gasteiger partial charge in [0.15, 0.2) is 0 Å². The summed E-state index contributed by atoms with van der Waals surface area (Å²) in [4.78, 5) is 0. The zero-order valence-electron chi connectivity index (χ0n) is 15.1. The summed E-state index contributed by atoms with van der Waals surface area (Å²) in [5.41, 5.74) is 9.31. The van der Waals surface area contributed by atoms with E-state index in [-0.39, 0.29) is 0 Å². The third-order valence-corrected chi connectivity index (χ3v) is 4.50. The van der Waals surface area contributed by atoms with E-state index in [1.54, 1.807) is 0 Å². The molecule has 26 heavy (non-hydrogen) atoms. The van der Waals surface area contributed by atoms with Gasteiger partial charge < -0.3 is 10.6 Å². The second-order valence-corrected chi connectivity index (χ2v) is 6.70. The zero-order chi connectivity index (χ0) is 17.9. The molecule has 0 aliphatic heterocycles. The van der Waals surface area contributed by atoms with Crippen LogP contribution >= 0.6 is 0 Å². The molecule has 4 rings (SSSR count). The van der Waals surface area contributed by atoms with Gasteiger partial charge >= 0.3 is 0 Å². The maximum atomic E-state index is 3.58. The fraction of sp³-hybridized carbons (Fsp3) is 0.0833. The van der Waals surface area contributed by atoms with E-state index in [4.69, 9.17) is 0 Å². The molecule has 2 N–H and O–H groups in total. The zero-order valence-corrected chi connectivity index (χ0v) is 15.1. The minimum absolute atomic E-state index is 1.10. The number of fused-ring (bicyclic) bond motifs is 1. The molecule has 0 atom stereocenters. The Morgan fingerprint density at radius 2 is 1.00 bits per heavy atom. The van der Waals surface area contributed by atoms with Crippen molar-refractivity contribution in [2.45, 2.75) is 13.8 Å². The summed E-state index contributed by atoms with van der Waals surface area (Å²) in [6.07, 6.45) is 0. The number of hydrogen-bond donors (Lipinski definition) is 2. The molecular weight excluding hydrogens is 316 g/mol. The molecule has 128 valence electrons. The Kier molecular flexibility index (Phi) is 4.32. The SMILES string of the molecule is Cc1cccc(Nc2cc(Nc3cccc(C)c3)c3cccccc2-3)c1. The quantitative estimate of drug-likeness (QED) is 0.423. The Morgan fingerprint density at radius 1 is 0.500 bits per heavy atom. The number of benzene rings is 2. The Hall–Kier alpha value is -3.26. The van der Waals surface area contributed by atoms with Crippen molar-refractivity contribution in [3.8, 4) is 11.1 Å². The predicted molar refractivity (Wildman–Crippen MR) is 112 cm³/mol. The van der Waals surface area contributed by atoms with Crippen molar-refractivity contribution in [3.05, 3.63) is 96.1 Å². The lowest BCUT2D eigenvalue weighted by Gasteiger charge is -2.07. The van der Waals surface area contributed by atoms with E-state index >= 15 is 0 Å². The highest BCUT2D eigenvalue weighted by Gasteiger charge is 2.15. The molecule has 2 nitrogen and oxygen atoms in total. The molecule has 0 heterocycles. The minimum atomic E-state index is 1.10. The molecule has 2 aliphatic carbocycles. The molecule has 0 saturated carbocycles. The van der Waals surface area contributed by atoms with E-state index in [0.717, 1.165) is 22.7 Å². The number of nitrogens with one attached hydrogen (secondary N) is 2. The van der Waals surface area contributed by atoms with Gasteiger partial charge in [-0.3, -0.25) is 0 Å². The van der Waals surface area contributed by atoms with Crippen molar-refractivity contribution in [1.82, 2.24) is 0 Å². The summed E-state index contributed by atoms with van der Waals surface area (Å²) in [6.45, 7) is 4.22. The molecule has 0 bridgehead atoms. The first kappa shape index (κ1) is 16.2. The largest absolute Gasteiger partial charge is 0.355 e. The summed E-state index contributed by atoms with van der Waals surface area (Å²) in [6, 6.07) is 29.6. The average molecular weight is 338 g/mol. The molecule has 0 unspecified atom stereocenters. The number of hydrogen-bond acceptors (Lipinski definition) is 2. The van der Waals surface area contributed by atoms with E-state index in [9.17, 15) is 0 Å². The summed E-state index contributed by atoms with van der Waals surface area (Å²) in [5.74, 6) is 0. The van der Waals surface area contributed by atoms with Crippen LogP contribution in [0.25, 0.3) is 11.1 Å². The number of rotatable bonds is 4. The van der Waals surface area contributed by atoms with Gasteiger partial charge in [-0.2, -0.15) is 0 Å². The summed E-state index contributed by atoms with van der Waals surface area (Å²) >= 11 is 0.